The molecule has 0 fully saturated rings. The Morgan fingerprint density at radius 2 is 2.22 bits per heavy atom. The minimum absolute atomic E-state index is 0.838. The lowest BCUT2D eigenvalue weighted by Crippen LogP contribution is -2.15. The fraction of sp³-hybridized carbons (Fsp3) is 0.400. The van der Waals surface area contributed by atoms with Crippen LogP contribution in [0.15, 0.2) is 36.9 Å². The number of nitrogens with zero attached hydrogens (tertiary/aromatic N) is 2. The summed E-state index contributed by atoms with van der Waals surface area (Å²) in [6, 6.07) is 8.42. The first-order valence-corrected chi connectivity index (χ1v) is 6.63. The quantitative estimate of drug-likeness (QED) is 0.598. The van der Waals surface area contributed by atoms with Crippen molar-refractivity contribution in [1.29, 1.82) is 0 Å². The second-order valence-corrected chi connectivity index (χ2v) is 4.39. The molecule has 3 nitrogen and oxygen atoms in total. The lowest BCUT2D eigenvalue weighted by molar-refractivity contribution is 0.618. The highest BCUT2D eigenvalue weighted by atomic mass is 15.3. The molecule has 1 heterocycles. The number of allylic oxidation sites excluding steroid dienone is 1. The second-order valence-electron chi connectivity index (χ2n) is 4.39. The standard InChI is InChI=1S/C15H21N3/c1-3-5-8-11-16-12-14-13-9-6-7-10-15(13)18(4-2)17-14/h3,6-7,9-10,16H,1,4-5,8,11-12H2,2H3. The molecule has 3 heteroatoms. The molecule has 18 heavy (non-hydrogen) atoms. The van der Waals surface area contributed by atoms with Gasteiger partial charge in [-0.3, -0.25) is 4.68 Å². The number of rotatable bonds is 7. The summed E-state index contributed by atoms with van der Waals surface area (Å²) in [6.07, 6.45) is 4.16. The summed E-state index contributed by atoms with van der Waals surface area (Å²) in [5.74, 6) is 0. The van der Waals surface area contributed by atoms with E-state index in [0.717, 1.165) is 38.2 Å². The highest BCUT2D eigenvalue weighted by Crippen LogP contribution is 2.18. The van der Waals surface area contributed by atoms with Crippen LogP contribution in [0, 0.1) is 0 Å². The molecular formula is C15H21N3. The van der Waals surface area contributed by atoms with Crippen LogP contribution in [0.1, 0.15) is 25.5 Å². The van der Waals surface area contributed by atoms with Gasteiger partial charge in [-0.2, -0.15) is 5.10 Å². The third kappa shape index (κ3) is 2.79. The lowest BCUT2D eigenvalue weighted by atomic mass is 10.2. The van der Waals surface area contributed by atoms with E-state index >= 15 is 0 Å². The van der Waals surface area contributed by atoms with Crippen LogP contribution in [-0.4, -0.2) is 16.3 Å². The number of nitrogens with one attached hydrogen (secondary N) is 1. The first-order chi connectivity index (χ1) is 8.86. The van der Waals surface area contributed by atoms with Crippen LogP contribution >= 0.6 is 0 Å². The Labute approximate surface area is 109 Å². The first kappa shape index (κ1) is 12.8. The van der Waals surface area contributed by atoms with Crippen LogP contribution in [0.5, 0.6) is 0 Å². The Bertz CT molecular complexity index is 513. The number of fused-ring (bicyclic) bond motifs is 1. The summed E-state index contributed by atoms with van der Waals surface area (Å²) in [7, 11) is 0. The molecule has 1 aromatic heterocycles. The third-order valence-electron chi connectivity index (χ3n) is 3.09. The molecule has 0 aliphatic rings. The van der Waals surface area contributed by atoms with Crippen LogP contribution in [0.3, 0.4) is 0 Å². The summed E-state index contributed by atoms with van der Waals surface area (Å²) < 4.78 is 2.07. The van der Waals surface area contributed by atoms with Gasteiger partial charge in [0.2, 0.25) is 0 Å². The van der Waals surface area contributed by atoms with Crippen molar-refractivity contribution in [3.63, 3.8) is 0 Å². The minimum Gasteiger partial charge on any atom is -0.311 e. The largest absolute Gasteiger partial charge is 0.311 e. The van der Waals surface area contributed by atoms with Gasteiger partial charge in [0.15, 0.2) is 0 Å². The lowest BCUT2D eigenvalue weighted by Gasteiger charge is -2.01. The Kier molecular flexibility index (Phi) is 4.53. The van der Waals surface area contributed by atoms with Crippen LogP contribution in [0.25, 0.3) is 10.9 Å². The molecule has 0 aliphatic carbocycles. The van der Waals surface area contributed by atoms with Crippen molar-refractivity contribution in [2.45, 2.75) is 32.9 Å². The summed E-state index contributed by atoms with van der Waals surface area (Å²) in [4.78, 5) is 0. The molecule has 0 spiro atoms. The summed E-state index contributed by atoms with van der Waals surface area (Å²) in [5, 5.41) is 9.36. The van der Waals surface area contributed by atoms with Gasteiger partial charge in [0.1, 0.15) is 0 Å². The van der Waals surface area contributed by atoms with Crippen molar-refractivity contribution in [3.05, 3.63) is 42.6 Å². The normalized spacial score (nSPS) is 10.9. The van der Waals surface area contributed by atoms with Crippen molar-refractivity contribution in [2.75, 3.05) is 6.54 Å². The van der Waals surface area contributed by atoms with Gasteiger partial charge in [0, 0.05) is 18.5 Å². The molecule has 0 bridgehead atoms. The maximum atomic E-state index is 4.66. The zero-order valence-corrected chi connectivity index (χ0v) is 11.0. The van der Waals surface area contributed by atoms with Crippen LogP contribution in [-0.2, 0) is 13.1 Å². The number of hydrogen-bond acceptors (Lipinski definition) is 2. The van der Waals surface area contributed by atoms with Gasteiger partial charge in [0.05, 0.1) is 11.2 Å². The predicted octanol–water partition coefficient (Wildman–Crippen LogP) is 3.11. The molecular weight excluding hydrogens is 222 g/mol. The van der Waals surface area contributed by atoms with Gasteiger partial charge in [-0.05, 0) is 32.4 Å². The topological polar surface area (TPSA) is 29.9 Å². The molecule has 0 saturated carbocycles. The number of unbranched alkanes of at least 4 members (excludes halogenated alkanes) is 1. The van der Waals surface area contributed by atoms with Crippen molar-refractivity contribution in [1.82, 2.24) is 15.1 Å². The van der Waals surface area contributed by atoms with E-state index in [4.69, 9.17) is 0 Å². The minimum atomic E-state index is 0.838. The highest BCUT2D eigenvalue weighted by Gasteiger charge is 2.07. The summed E-state index contributed by atoms with van der Waals surface area (Å²) in [6.45, 7) is 8.62. The SMILES string of the molecule is C=CCCCNCc1nn(CC)c2ccccc12. The first-order valence-electron chi connectivity index (χ1n) is 6.63. The van der Waals surface area contributed by atoms with Gasteiger partial charge in [-0.15, -0.1) is 6.58 Å². The van der Waals surface area contributed by atoms with Crippen molar-refractivity contribution >= 4 is 10.9 Å². The zero-order valence-electron chi connectivity index (χ0n) is 11.0. The van der Waals surface area contributed by atoms with E-state index in [9.17, 15) is 0 Å². The van der Waals surface area contributed by atoms with Gasteiger partial charge in [0.25, 0.3) is 0 Å². The molecule has 96 valence electrons. The number of para-hydroxylation sites is 1. The van der Waals surface area contributed by atoms with E-state index in [2.05, 4.69) is 52.9 Å². The maximum absolute atomic E-state index is 4.66. The van der Waals surface area contributed by atoms with E-state index in [1.54, 1.807) is 0 Å². The average Bonchev–Trinajstić information content (AvgIpc) is 2.77. The Hall–Kier alpha value is -1.61. The second kappa shape index (κ2) is 6.36. The smallest absolute Gasteiger partial charge is 0.0841 e. The van der Waals surface area contributed by atoms with Gasteiger partial charge in [-0.25, -0.2) is 0 Å². The zero-order chi connectivity index (χ0) is 12.8. The van der Waals surface area contributed by atoms with Gasteiger partial charge >= 0.3 is 0 Å². The summed E-state index contributed by atoms with van der Waals surface area (Å²) >= 11 is 0. The van der Waals surface area contributed by atoms with Gasteiger partial charge in [-0.1, -0.05) is 24.3 Å². The predicted molar refractivity (Wildman–Crippen MR) is 76.5 cm³/mol. The molecule has 0 atom stereocenters. The molecule has 2 aromatic rings. The third-order valence-corrected chi connectivity index (χ3v) is 3.09. The number of benzene rings is 1. The fourth-order valence-corrected chi connectivity index (χ4v) is 2.15. The van der Waals surface area contributed by atoms with Crippen molar-refractivity contribution in [3.8, 4) is 0 Å². The Balaban J connectivity index is 2.06. The Morgan fingerprint density at radius 1 is 1.39 bits per heavy atom. The fourth-order valence-electron chi connectivity index (χ4n) is 2.15. The molecule has 0 radical (unpaired) electrons. The molecule has 1 N–H and O–H groups in total. The molecule has 0 saturated heterocycles. The average molecular weight is 243 g/mol. The van der Waals surface area contributed by atoms with Crippen LogP contribution in [0.2, 0.25) is 0 Å². The highest BCUT2D eigenvalue weighted by molar-refractivity contribution is 5.81. The molecule has 1 aromatic carbocycles. The van der Waals surface area contributed by atoms with E-state index in [1.165, 1.54) is 10.9 Å². The van der Waals surface area contributed by atoms with E-state index in [0.29, 0.717) is 0 Å². The van der Waals surface area contributed by atoms with E-state index in [-0.39, 0.29) is 0 Å². The molecule has 0 aliphatic heterocycles. The maximum Gasteiger partial charge on any atom is 0.0841 e. The molecule has 0 unspecified atom stereocenters. The number of aryl methyl sites for hydroxylation is 1. The summed E-state index contributed by atoms with van der Waals surface area (Å²) in [5.41, 5.74) is 2.37. The van der Waals surface area contributed by atoms with Crippen molar-refractivity contribution < 1.29 is 0 Å². The van der Waals surface area contributed by atoms with Crippen molar-refractivity contribution in [2.24, 2.45) is 0 Å². The van der Waals surface area contributed by atoms with E-state index in [1.807, 2.05) is 6.08 Å². The van der Waals surface area contributed by atoms with Gasteiger partial charge < -0.3 is 5.32 Å². The number of aromatic nitrogens is 2. The monoisotopic (exact) mass is 243 g/mol. The molecule has 0 amide bonds. The number of hydrogen-bond donors (Lipinski definition) is 1. The van der Waals surface area contributed by atoms with Crippen LogP contribution in [0.4, 0.5) is 0 Å². The molecule has 2 rings (SSSR count). The Morgan fingerprint density at radius 3 is 3.00 bits per heavy atom. The van der Waals surface area contributed by atoms with Crippen LogP contribution < -0.4 is 5.32 Å². The van der Waals surface area contributed by atoms with E-state index < -0.39 is 0 Å².